The molecule has 0 aromatic rings. The normalized spacial score (nSPS) is 16.1. The van der Waals surface area contributed by atoms with Crippen LogP contribution in [0.2, 0.25) is 0 Å². The van der Waals surface area contributed by atoms with Crippen LogP contribution in [0.5, 0.6) is 0 Å². The molecular formula is C17H38N2. The van der Waals surface area contributed by atoms with Crippen molar-refractivity contribution in [3.05, 3.63) is 0 Å². The van der Waals surface area contributed by atoms with Crippen molar-refractivity contribution in [3.63, 3.8) is 0 Å². The lowest BCUT2D eigenvalue weighted by atomic mass is 9.83. The summed E-state index contributed by atoms with van der Waals surface area (Å²) in [6, 6.07) is 0. The van der Waals surface area contributed by atoms with Gasteiger partial charge in [0.2, 0.25) is 0 Å². The molecule has 0 amide bonds. The zero-order valence-electron chi connectivity index (χ0n) is 14.8. The molecular weight excluding hydrogens is 232 g/mol. The van der Waals surface area contributed by atoms with Gasteiger partial charge in [0.25, 0.3) is 0 Å². The van der Waals surface area contributed by atoms with Crippen LogP contribution in [-0.4, -0.2) is 36.6 Å². The lowest BCUT2D eigenvalue weighted by molar-refractivity contribution is 0.135. The predicted octanol–water partition coefficient (Wildman–Crippen LogP) is 4.16. The van der Waals surface area contributed by atoms with Crippen LogP contribution in [-0.2, 0) is 0 Å². The second kappa shape index (κ2) is 8.26. The Balaban J connectivity index is 4.57. The van der Waals surface area contributed by atoms with Gasteiger partial charge in [-0.25, -0.2) is 0 Å². The van der Waals surface area contributed by atoms with Crippen molar-refractivity contribution < 1.29 is 0 Å². The van der Waals surface area contributed by atoms with Crippen LogP contribution in [0.25, 0.3) is 0 Å². The molecule has 0 fully saturated rings. The maximum absolute atomic E-state index is 3.70. The first-order valence-electron chi connectivity index (χ1n) is 8.09. The molecule has 1 atom stereocenters. The number of hydrogen-bond acceptors (Lipinski definition) is 2. The summed E-state index contributed by atoms with van der Waals surface area (Å²) in [5.41, 5.74) is 0.594. The molecule has 1 N–H and O–H groups in total. The van der Waals surface area contributed by atoms with Crippen LogP contribution in [0, 0.1) is 11.3 Å². The molecule has 0 saturated carbocycles. The van der Waals surface area contributed by atoms with Gasteiger partial charge in [-0.15, -0.1) is 0 Å². The largest absolute Gasteiger partial charge is 0.311 e. The minimum atomic E-state index is 0.212. The van der Waals surface area contributed by atoms with Gasteiger partial charge in [0.15, 0.2) is 0 Å². The molecule has 0 aromatic carbocycles. The van der Waals surface area contributed by atoms with Crippen molar-refractivity contribution in [3.8, 4) is 0 Å². The van der Waals surface area contributed by atoms with E-state index < -0.39 is 0 Å². The van der Waals surface area contributed by atoms with E-state index in [-0.39, 0.29) is 5.54 Å². The van der Waals surface area contributed by atoms with E-state index in [4.69, 9.17) is 0 Å². The molecule has 1 unspecified atom stereocenters. The minimum absolute atomic E-state index is 0.212. The molecule has 19 heavy (non-hydrogen) atoms. The quantitative estimate of drug-likeness (QED) is 0.677. The van der Waals surface area contributed by atoms with Crippen molar-refractivity contribution in [1.29, 1.82) is 0 Å². The van der Waals surface area contributed by atoms with E-state index in [1.54, 1.807) is 0 Å². The average Bonchev–Trinajstić information content (AvgIpc) is 2.24. The Morgan fingerprint density at radius 3 is 2.00 bits per heavy atom. The summed E-state index contributed by atoms with van der Waals surface area (Å²) < 4.78 is 0. The second-order valence-corrected chi connectivity index (χ2v) is 7.89. The van der Waals surface area contributed by atoms with Gasteiger partial charge in [-0.2, -0.15) is 0 Å². The SMILES string of the molecule is CCCC(C)(CNC(C)(C)C)CN(CC)CC(C)C. The molecule has 0 radical (unpaired) electrons. The maximum Gasteiger partial charge on any atom is 0.00967 e. The summed E-state index contributed by atoms with van der Waals surface area (Å²) in [5, 5.41) is 3.70. The first-order chi connectivity index (χ1) is 8.62. The molecule has 0 aliphatic rings. The van der Waals surface area contributed by atoms with Crippen molar-refractivity contribution in [1.82, 2.24) is 10.2 Å². The molecule has 2 heteroatoms. The van der Waals surface area contributed by atoms with Crippen LogP contribution in [0.1, 0.15) is 68.2 Å². The molecule has 0 aliphatic heterocycles. The van der Waals surface area contributed by atoms with E-state index in [9.17, 15) is 0 Å². The second-order valence-electron chi connectivity index (χ2n) is 7.89. The maximum atomic E-state index is 3.70. The number of nitrogens with one attached hydrogen (secondary N) is 1. The van der Waals surface area contributed by atoms with Crippen LogP contribution in [0.4, 0.5) is 0 Å². The number of rotatable bonds is 9. The minimum Gasteiger partial charge on any atom is -0.311 e. The van der Waals surface area contributed by atoms with Gasteiger partial charge >= 0.3 is 0 Å². The molecule has 0 rings (SSSR count). The van der Waals surface area contributed by atoms with Crippen LogP contribution >= 0.6 is 0 Å². The first kappa shape index (κ1) is 18.9. The number of nitrogens with zero attached hydrogens (tertiary/aromatic N) is 1. The highest BCUT2D eigenvalue weighted by Crippen LogP contribution is 2.25. The Labute approximate surface area is 122 Å². The summed E-state index contributed by atoms with van der Waals surface area (Å²) in [5.74, 6) is 0.751. The van der Waals surface area contributed by atoms with Crippen LogP contribution < -0.4 is 5.32 Å². The van der Waals surface area contributed by atoms with Crippen LogP contribution in [0.3, 0.4) is 0 Å². The summed E-state index contributed by atoms with van der Waals surface area (Å²) >= 11 is 0. The standard InChI is InChI=1S/C17H38N2/c1-9-11-17(8,13-18-16(5,6)7)14-19(10-2)12-15(3)4/h15,18H,9-14H2,1-8H3. The van der Waals surface area contributed by atoms with E-state index >= 15 is 0 Å². The third kappa shape index (κ3) is 9.45. The van der Waals surface area contributed by atoms with E-state index in [1.165, 1.54) is 25.9 Å². The third-order valence-electron chi connectivity index (χ3n) is 3.57. The summed E-state index contributed by atoms with van der Waals surface area (Å²) in [6.45, 7) is 23.1. The van der Waals surface area contributed by atoms with E-state index in [0.717, 1.165) is 19.0 Å². The average molecular weight is 271 g/mol. The van der Waals surface area contributed by atoms with Gasteiger partial charge in [-0.05, 0) is 45.1 Å². The lowest BCUT2D eigenvalue weighted by Crippen LogP contribution is -2.48. The Morgan fingerprint density at radius 2 is 1.63 bits per heavy atom. The molecule has 0 aliphatic carbocycles. The third-order valence-corrected chi connectivity index (χ3v) is 3.57. The van der Waals surface area contributed by atoms with Gasteiger partial charge < -0.3 is 10.2 Å². The Bertz CT molecular complexity index is 230. The highest BCUT2D eigenvalue weighted by atomic mass is 15.1. The Kier molecular flexibility index (Phi) is 8.23. The predicted molar refractivity (Wildman–Crippen MR) is 87.7 cm³/mol. The lowest BCUT2D eigenvalue weighted by Gasteiger charge is -2.38. The molecule has 0 saturated heterocycles. The summed E-state index contributed by atoms with van der Waals surface area (Å²) in [4.78, 5) is 2.62. The fourth-order valence-corrected chi connectivity index (χ4v) is 2.67. The Morgan fingerprint density at radius 1 is 1.05 bits per heavy atom. The smallest absolute Gasteiger partial charge is 0.00967 e. The van der Waals surface area contributed by atoms with E-state index in [1.807, 2.05) is 0 Å². The van der Waals surface area contributed by atoms with Gasteiger partial charge in [-0.3, -0.25) is 0 Å². The molecule has 0 aromatic heterocycles. The fourth-order valence-electron chi connectivity index (χ4n) is 2.67. The highest BCUT2D eigenvalue weighted by Gasteiger charge is 2.27. The summed E-state index contributed by atoms with van der Waals surface area (Å²) in [7, 11) is 0. The Hall–Kier alpha value is -0.0800. The summed E-state index contributed by atoms with van der Waals surface area (Å²) in [6.07, 6.45) is 2.56. The van der Waals surface area contributed by atoms with Crippen molar-refractivity contribution in [2.75, 3.05) is 26.2 Å². The number of hydrogen-bond donors (Lipinski definition) is 1. The molecule has 0 spiro atoms. The highest BCUT2D eigenvalue weighted by molar-refractivity contribution is 4.84. The van der Waals surface area contributed by atoms with Crippen LogP contribution in [0.15, 0.2) is 0 Å². The topological polar surface area (TPSA) is 15.3 Å². The molecule has 0 bridgehead atoms. The molecule has 116 valence electrons. The van der Waals surface area contributed by atoms with Crippen molar-refractivity contribution >= 4 is 0 Å². The van der Waals surface area contributed by atoms with E-state index in [2.05, 4.69) is 65.6 Å². The first-order valence-corrected chi connectivity index (χ1v) is 8.09. The van der Waals surface area contributed by atoms with Gasteiger partial charge in [0, 0.05) is 25.2 Å². The fraction of sp³-hybridized carbons (Fsp3) is 1.00. The molecule has 0 heterocycles. The van der Waals surface area contributed by atoms with Gasteiger partial charge in [-0.1, -0.05) is 41.0 Å². The zero-order chi connectivity index (χ0) is 15.1. The van der Waals surface area contributed by atoms with Gasteiger partial charge in [0.1, 0.15) is 0 Å². The zero-order valence-corrected chi connectivity index (χ0v) is 14.8. The van der Waals surface area contributed by atoms with Gasteiger partial charge in [0.05, 0.1) is 0 Å². The van der Waals surface area contributed by atoms with Crippen molar-refractivity contribution in [2.24, 2.45) is 11.3 Å². The van der Waals surface area contributed by atoms with Crippen molar-refractivity contribution in [2.45, 2.75) is 73.8 Å². The monoisotopic (exact) mass is 270 g/mol. The molecule has 2 nitrogen and oxygen atoms in total. The van der Waals surface area contributed by atoms with E-state index in [0.29, 0.717) is 5.41 Å².